The lowest BCUT2D eigenvalue weighted by Gasteiger charge is -2.33. The molecule has 0 saturated carbocycles. The molecule has 6 heteroatoms. The van der Waals surface area contributed by atoms with Crippen LogP contribution in [0.25, 0.3) is 0 Å². The van der Waals surface area contributed by atoms with Crippen molar-refractivity contribution in [3.05, 3.63) is 70.4 Å². The number of benzene rings is 1. The van der Waals surface area contributed by atoms with Crippen LogP contribution in [0.5, 0.6) is 0 Å². The van der Waals surface area contributed by atoms with E-state index in [1.54, 1.807) is 0 Å². The molecule has 0 unspecified atom stereocenters. The average molecular weight is 358 g/mol. The lowest BCUT2D eigenvalue weighted by atomic mass is 10.1. The Morgan fingerprint density at radius 3 is 2.67 bits per heavy atom. The van der Waals surface area contributed by atoms with Gasteiger partial charge in [0.05, 0.1) is 23.8 Å². The van der Waals surface area contributed by atoms with Gasteiger partial charge in [-0.15, -0.1) is 10.2 Å². The van der Waals surface area contributed by atoms with Crippen LogP contribution in [-0.4, -0.2) is 26.3 Å². The van der Waals surface area contributed by atoms with Crippen LogP contribution < -0.4 is 4.90 Å². The summed E-state index contributed by atoms with van der Waals surface area (Å²) in [6.07, 6.45) is 0.783. The molecule has 1 aromatic carbocycles. The third-order valence-electron chi connectivity index (χ3n) is 5.12. The second-order valence-corrected chi connectivity index (χ2v) is 7.16. The zero-order valence-corrected chi connectivity index (χ0v) is 15.8. The van der Waals surface area contributed by atoms with Gasteiger partial charge in [-0.1, -0.05) is 30.3 Å². The number of fused-ring (bicyclic) bond motifs is 1. The Balaban J connectivity index is 1.62. The molecule has 3 heterocycles. The van der Waals surface area contributed by atoms with Crippen LogP contribution in [0.15, 0.2) is 36.4 Å². The van der Waals surface area contributed by atoms with Gasteiger partial charge in [-0.05, 0) is 38.0 Å². The maximum atomic E-state index is 9.27. The molecule has 6 nitrogen and oxygen atoms in total. The maximum Gasteiger partial charge on any atom is 0.152 e. The second kappa shape index (κ2) is 6.84. The van der Waals surface area contributed by atoms with Crippen molar-refractivity contribution in [2.75, 3.05) is 11.4 Å². The topological polar surface area (TPSA) is 70.6 Å². The highest BCUT2D eigenvalue weighted by Gasteiger charge is 2.27. The van der Waals surface area contributed by atoms with Crippen molar-refractivity contribution in [2.45, 2.75) is 39.8 Å². The van der Waals surface area contributed by atoms with Gasteiger partial charge in [0.25, 0.3) is 0 Å². The van der Waals surface area contributed by atoms with Gasteiger partial charge < -0.3 is 9.47 Å². The summed E-state index contributed by atoms with van der Waals surface area (Å²) < 4.78 is 2.26. The minimum atomic E-state index is 0.250. The Bertz CT molecular complexity index is 992. The van der Waals surface area contributed by atoms with Gasteiger partial charge in [0, 0.05) is 13.0 Å². The molecule has 1 atom stereocenters. The highest BCUT2D eigenvalue weighted by Crippen LogP contribution is 2.28. The lowest BCUT2D eigenvalue weighted by Crippen LogP contribution is -2.37. The SMILES string of the molecule is Cc1cc(N2Cc3nnc(Cc4ccccc4)n3[C@@H](C)C2)nc(C)c1C#N. The van der Waals surface area contributed by atoms with Gasteiger partial charge in [0.1, 0.15) is 17.7 Å². The zero-order chi connectivity index (χ0) is 19.0. The van der Waals surface area contributed by atoms with Crippen LogP contribution in [0, 0.1) is 25.2 Å². The molecular weight excluding hydrogens is 336 g/mol. The molecule has 136 valence electrons. The van der Waals surface area contributed by atoms with E-state index in [4.69, 9.17) is 0 Å². The van der Waals surface area contributed by atoms with Crippen molar-refractivity contribution in [1.29, 1.82) is 5.26 Å². The van der Waals surface area contributed by atoms with Crippen LogP contribution in [0.2, 0.25) is 0 Å². The first-order valence-corrected chi connectivity index (χ1v) is 9.16. The Labute approximate surface area is 159 Å². The van der Waals surface area contributed by atoms with Crippen LogP contribution in [0.1, 0.15) is 47.0 Å². The summed E-state index contributed by atoms with van der Waals surface area (Å²) in [7, 11) is 0. The van der Waals surface area contributed by atoms with E-state index in [0.717, 1.165) is 41.7 Å². The first kappa shape index (κ1) is 17.2. The lowest BCUT2D eigenvalue weighted by molar-refractivity contribution is 0.449. The van der Waals surface area contributed by atoms with Crippen molar-refractivity contribution in [1.82, 2.24) is 19.7 Å². The van der Waals surface area contributed by atoms with E-state index in [9.17, 15) is 5.26 Å². The molecule has 0 spiro atoms. The number of rotatable bonds is 3. The molecule has 4 rings (SSSR count). The fourth-order valence-electron chi connectivity index (χ4n) is 3.83. The minimum absolute atomic E-state index is 0.250. The molecule has 0 fully saturated rings. The van der Waals surface area contributed by atoms with E-state index in [1.807, 2.05) is 26.0 Å². The number of pyridine rings is 1. The highest BCUT2D eigenvalue weighted by atomic mass is 15.4. The molecule has 0 aliphatic carbocycles. The van der Waals surface area contributed by atoms with Gasteiger partial charge in [0.15, 0.2) is 5.82 Å². The Kier molecular flexibility index (Phi) is 4.36. The maximum absolute atomic E-state index is 9.27. The number of hydrogen-bond acceptors (Lipinski definition) is 5. The van der Waals surface area contributed by atoms with Crippen molar-refractivity contribution in [3.63, 3.8) is 0 Å². The van der Waals surface area contributed by atoms with Crippen molar-refractivity contribution < 1.29 is 0 Å². The first-order valence-electron chi connectivity index (χ1n) is 9.16. The van der Waals surface area contributed by atoms with E-state index < -0.39 is 0 Å². The normalized spacial score (nSPS) is 16.1. The van der Waals surface area contributed by atoms with Crippen molar-refractivity contribution in [3.8, 4) is 6.07 Å². The molecule has 1 aliphatic heterocycles. The third-order valence-corrected chi connectivity index (χ3v) is 5.12. The summed E-state index contributed by atoms with van der Waals surface area (Å²) in [5, 5.41) is 18.2. The standard InChI is InChI=1S/C21H22N6/c1-14-9-19(23-16(3)18(14)11-22)26-12-15(2)27-20(24-25-21(27)13-26)10-17-7-5-4-6-8-17/h4-9,15H,10,12-13H2,1-3H3/t15-/m0/s1. The second-order valence-electron chi connectivity index (χ2n) is 7.16. The molecule has 1 aliphatic rings. The molecule has 0 radical (unpaired) electrons. The number of anilines is 1. The predicted molar refractivity (Wildman–Crippen MR) is 103 cm³/mol. The van der Waals surface area contributed by atoms with E-state index in [0.29, 0.717) is 12.1 Å². The summed E-state index contributed by atoms with van der Waals surface area (Å²) in [5.41, 5.74) is 3.64. The average Bonchev–Trinajstić information content (AvgIpc) is 3.05. The fourth-order valence-corrected chi connectivity index (χ4v) is 3.83. The molecule has 0 bridgehead atoms. The smallest absolute Gasteiger partial charge is 0.152 e. The minimum Gasteiger partial charge on any atom is -0.347 e. The first-order chi connectivity index (χ1) is 13.1. The Hall–Kier alpha value is -3.20. The van der Waals surface area contributed by atoms with Gasteiger partial charge in [0.2, 0.25) is 0 Å². The zero-order valence-electron chi connectivity index (χ0n) is 15.8. The summed E-state index contributed by atoms with van der Waals surface area (Å²) >= 11 is 0. The number of hydrogen-bond donors (Lipinski definition) is 0. The van der Waals surface area contributed by atoms with E-state index in [2.05, 4.69) is 61.9 Å². The van der Waals surface area contributed by atoms with Gasteiger partial charge >= 0.3 is 0 Å². The monoisotopic (exact) mass is 358 g/mol. The van der Waals surface area contributed by atoms with Crippen LogP contribution in [-0.2, 0) is 13.0 Å². The summed E-state index contributed by atoms with van der Waals surface area (Å²) in [6.45, 7) is 7.55. The molecule has 0 amide bonds. The number of aromatic nitrogens is 4. The largest absolute Gasteiger partial charge is 0.347 e. The van der Waals surface area contributed by atoms with Crippen LogP contribution in [0.4, 0.5) is 5.82 Å². The predicted octanol–water partition coefficient (Wildman–Crippen LogP) is 3.33. The third kappa shape index (κ3) is 3.17. The van der Waals surface area contributed by atoms with Gasteiger partial charge in [-0.3, -0.25) is 0 Å². The van der Waals surface area contributed by atoms with Crippen LogP contribution >= 0.6 is 0 Å². The van der Waals surface area contributed by atoms with Gasteiger partial charge in [-0.25, -0.2) is 4.98 Å². The number of aryl methyl sites for hydroxylation is 2. The van der Waals surface area contributed by atoms with E-state index in [-0.39, 0.29) is 6.04 Å². The Morgan fingerprint density at radius 2 is 1.96 bits per heavy atom. The molecule has 0 N–H and O–H groups in total. The summed E-state index contributed by atoms with van der Waals surface area (Å²) in [4.78, 5) is 6.88. The summed E-state index contributed by atoms with van der Waals surface area (Å²) in [6, 6.07) is 14.8. The van der Waals surface area contributed by atoms with E-state index >= 15 is 0 Å². The van der Waals surface area contributed by atoms with E-state index in [1.165, 1.54) is 5.56 Å². The fraction of sp³-hybridized carbons (Fsp3) is 0.333. The number of nitrogens with zero attached hydrogens (tertiary/aromatic N) is 6. The van der Waals surface area contributed by atoms with Crippen molar-refractivity contribution >= 4 is 5.82 Å². The van der Waals surface area contributed by atoms with Gasteiger partial charge in [-0.2, -0.15) is 5.26 Å². The highest BCUT2D eigenvalue weighted by molar-refractivity contribution is 5.50. The summed E-state index contributed by atoms with van der Waals surface area (Å²) in [5.74, 6) is 2.86. The number of nitriles is 1. The quantitative estimate of drug-likeness (QED) is 0.718. The Morgan fingerprint density at radius 1 is 1.19 bits per heavy atom. The molecular formula is C21H22N6. The van der Waals surface area contributed by atoms with Crippen LogP contribution in [0.3, 0.4) is 0 Å². The molecule has 27 heavy (non-hydrogen) atoms. The molecule has 3 aromatic rings. The van der Waals surface area contributed by atoms with Crippen molar-refractivity contribution in [2.24, 2.45) is 0 Å². The molecule has 0 saturated heterocycles. The molecule has 2 aromatic heterocycles.